The molecule has 1 saturated heterocycles. The van der Waals surface area contributed by atoms with Gasteiger partial charge in [0.05, 0.1) is 21.3 Å². The number of rotatable bonds is 15. The smallest absolute Gasteiger partial charge is 0.222 e. The normalized spacial score (nSPS) is 14.6. The highest BCUT2D eigenvalue weighted by atomic mass is 32.1. The highest BCUT2D eigenvalue weighted by Gasteiger charge is 2.24. The minimum Gasteiger partial charge on any atom is -0.493 e. The Hall–Kier alpha value is -3.03. The van der Waals surface area contributed by atoms with E-state index in [-0.39, 0.29) is 5.91 Å². The highest BCUT2D eigenvalue weighted by molar-refractivity contribution is 7.11. The molecule has 43 heavy (non-hydrogen) atoms. The van der Waals surface area contributed by atoms with E-state index in [1.54, 1.807) is 21.3 Å². The molecular weight excluding hydrogens is 556 g/mol. The number of ether oxygens (including phenoxy) is 3. The quantitative estimate of drug-likeness (QED) is 0.181. The van der Waals surface area contributed by atoms with Crippen molar-refractivity contribution >= 4 is 17.2 Å². The number of aryl methyl sites for hydroxylation is 3. The van der Waals surface area contributed by atoms with Crippen molar-refractivity contribution in [2.75, 3.05) is 47.5 Å². The minimum absolute atomic E-state index is 0.282. The third-order valence-electron chi connectivity index (χ3n) is 8.56. The van der Waals surface area contributed by atoms with E-state index < -0.39 is 0 Å². The van der Waals surface area contributed by atoms with Gasteiger partial charge in [-0.25, -0.2) is 0 Å². The Morgan fingerprint density at radius 2 is 1.47 bits per heavy atom. The van der Waals surface area contributed by atoms with Crippen LogP contribution in [0.25, 0.3) is 0 Å². The fourth-order valence-corrected chi connectivity index (χ4v) is 6.90. The van der Waals surface area contributed by atoms with Crippen LogP contribution in [-0.4, -0.2) is 63.2 Å². The zero-order valence-electron chi connectivity index (χ0n) is 27.0. The lowest BCUT2D eigenvalue weighted by Crippen LogP contribution is -2.48. The molecule has 1 aliphatic heterocycles. The van der Waals surface area contributed by atoms with E-state index in [2.05, 4.69) is 62.1 Å². The van der Waals surface area contributed by atoms with Gasteiger partial charge in [-0.3, -0.25) is 9.69 Å². The van der Waals surface area contributed by atoms with Gasteiger partial charge in [0.2, 0.25) is 11.7 Å². The van der Waals surface area contributed by atoms with Crippen molar-refractivity contribution in [3.63, 3.8) is 0 Å². The molecule has 1 fully saturated rings. The maximum absolute atomic E-state index is 13.1. The molecule has 0 aliphatic carbocycles. The van der Waals surface area contributed by atoms with Crippen LogP contribution in [0.2, 0.25) is 0 Å². The number of thiophene rings is 1. The summed E-state index contributed by atoms with van der Waals surface area (Å²) >= 11 is 1.95. The maximum Gasteiger partial charge on any atom is 0.222 e. The standard InChI is InChI=1S/C36H50N2O4S/c1-26(2)29-13-11-28(12-14-29)8-7-9-31-17-18-32(43-31)16-10-27(3)24-34(39)38-22-20-37(21-23-38)25-30-15-19-33(40-4)36(42-6)35(30)41-5/h11-15,17-19,26-27H,7-10,16,20-25H2,1-6H3. The summed E-state index contributed by atoms with van der Waals surface area (Å²) < 4.78 is 16.6. The van der Waals surface area contributed by atoms with Crippen LogP contribution >= 0.6 is 11.3 Å². The van der Waals surface area contributed by atoms with Gasteiger partial charge in [-0.1, -0.05) is 51.1 Å². The Balaban J connectivity index is 1.15. The molecule has 2 aromatic carbocycles. The summed E-state index contributed by atoms with van der Waals surface area (Å²) in [6.45, 7) is 10.7. The van der Waals surface area contributed by atoms with Crippen molar-refractivity contribution in [1.29, 1.82) is 0 Å². The largest absolute Gasteiger partial charge is 0.493 e. The lowest BCUT2D eigenvalue weighted by Gasteiger charge is -2.35. The molecule has 7 heteroatoms. The lowest BCUT2D eigenvalue weighted by molar-refractivity contribution is -0.134. The van der Waals surface area contributed by atoms with E-state index in [9.17, 15) is 4.79 Å². The molecule has 1 aliphatic rings. The summed E-state index contributed by atoms with van der Waals surface area (Å²) in [6, 6.07) is 17.7. The lowest BCUT2D eigenvalue weighted by atomic mass is 10.00. The summed E-state index contributed by atoms with van der Waals surface area (Å²) in [5.74, 6) is 3.23. The highest BCUT2D eigenvalue weighted by Crippen LogP contribution is 2.40. The summed E-state index contributed by atoms with van der Waals surface area (Å²) in [5, 5.41) is 0. The molecule has 234 valence electrons. The van der Waals surface area contributed by atoms with Gasteiger partial charge in [-0.2, -0.15) is 0 Å². The van der Waals surface area contributed by atoms with Crippen LogP contribution in [0.15, 0.2) is 48.5 Å². The van der Waals surface area contributed by atoms with E-state index >= 15 is 0 Å². The number of methoxy groups -OCH3 is 3. The van der Waals surface area contributed by atoms with E-state index in [0.29, 0.717) is 35.5 Å². The van der Waals surface area contributed by atoms with Gasteiger partial charge in [0.1, 0.15) is 0 Å². The third kappa shape index (κ3) is 9.23. The second-order valence-corrected chi connectivity index (χ2v) is 13.4. The minimum atomic E-state index is 0.282. The maximum atomic E-state index is 13.1. The first-order valence-corrected chi connectivity index (χ1v) is 16.6. The molecule has 1 atom stereocenters. The van der Waals surface area contributed by atoms with Gasteiger partial charge in [-0.15, -0.1) is 11.3 Å². The number of carbonyl (C=O) groups is 1. The Bertz CT molecular complexity index is 1300. The summed E-state index contributed by atoms with van der Waals surface area (Å²) in [7, 11) is 4.91. The summed E-state index contributed by atoms with van der Waals surface area (Å²) in [5.41, 5.74) is 3.90. The number of piperazine rings is 1. The fourth-order valence-electron chi connectivity index (χ4n) is 5.83. The van der Waals surface area contributed by atoms with Gasteiger partial charge in [0.25, 0.3) is 0 Å². The SMILES string of the molecule is COc1ccc(CN2CCN(C(=O)CC(C)CCc3ccc(CCCc4ccc(C(C)C)cc4)s3)CC2)c(OC)c1OC. The second-order valence-electron chi connectivity index (χ2n) is 12.1. The first kappa shape index (κ1) is 32.9. The monoisotopic (exact) mass is 606 g/mol. The van der Waals surface area contributed by atoms with Crippen molar-refractivity contribution in [2.24, 2.45) is 5.92 Å². The molecule has 3 aromatic rings. The predicted molar refractivity (Wildman–Crippen MR) is 177 cm³/mol. The van der Waals surface area contributed by atoms with Gasteiger partial charge in [0.15, 0.2) is 11.5 Å². The predicted octanol–water partition coefficient (Wildman–Crippen LogP) is 7.38. The Morgan fingerprint density at radius 1 is 0.791 bits per heavy atom. The van der Waals surface area contributed by atoms with Crippen molar-refractivity contribution in [3.8, 4) is 17.2 Å². The summed E-state index contributed by atoms with van der Waals surface area (Å²) in [4.78, 5) is 20.4. The Morgan fingerprint density at radius 3 is 2.09 bits per heavy atom. The van der Waals surface area contributed by atoms with Crippen molar-refractivity contribution in [1.82, 2.24) is 9.80 Å². The number of carbonyl (C=O) groups excluding carboxylic acids is 1. The van der Waals surface area contributed by atoms with Crippen LogP contribution in [-0.2, 0) is 30.6 Å². The van der Waals surface area contributed by atoms with Gasteiger partial charge in [-0.05, 0) is 73.3 Å². The third-order valence-corrected chi connectivity index (χ3v) is 9.77. The molecular formula is C36H50N2O4S. The summed E-state index contributed by atoms with van der Waals surface area (Å²) in [6.07, 6.45) is 6.17. The number of amides is 1. The van der Waals surface area contributed by atoms with Crippen LogP contribution in [0.3, 0.4) is 0 Å². The topological polar surface area (TPSA) is 51.2 Å². The van der Waals surface area contributed by atoms with Crippen molar-refractivity contribution < 1.29 is 19.0 Å². The molecule has 2 heterocycles. The molecule has 1 unspecified atom stereocenters. The van der Waals surface area contributed by atoms with Crippen LogP contribution in [0.1, 0.15) is 72.4 Å². The van der Waals surface area contributed by atoms with E-state index in [1.165, 1.54) is 27.3 Å². The first-order valence-electron chi connectivity index (χ1n) is 15.8. The molecule has 0 saturated carbocycles. The van der Waals surface area contributed by atoms with E-state index in [0.717, 1.165) is 64.0 Å². The van der Waals surface area contributed by atoms with Gasteiger partial charge >= 0.3 is 0 Å². The number of nitrogens with zero attached hydrogens (tertiary/aromatic N) is 2. The van der Waals surface area contributed by atoms with Crippen molar-refractivity contribution in [2.45, 2.75) is 71.8 Å². The number of benzene rings is 2. The van der Waals surface area contributed by atoms with E-state index in [4.69, 9.17) is 14.2 Å². The Labute approximate surface area is 263 Å². The zero-order chi connectivity index (χ0) is 30.8. The first-order chi connectivity index (χ1) is 20.8. The number of hydrogen-bond donors (Lipinski definition) is 0. The Kier molecular flexibility index (Phi) is 12.4. The van der Waals surface area contributed by atoms with Crippen LogP contribution in [0.4, 0.5) is 0 Å². The van der Waals surface area contributed by atoms with Crippen LogP contribution < -0.4 is 14.2 Å². The van der Waals surface area contributed by atoms with Crippen LogP contribution in [0.5, 0.6) is 17.2 Å². The molecule has 1 amide bonds. The van der Waals surface area contributed by atoms with E-state index in [1.807, 2.05) is 28.4 Å². The zero-order valence-corrected chi connectivity index (χ0v) is 27.8. The van der Waals surface area contributed by atoms with Crippen molar-refractivity contribution in [3.05, 3.63) is 75.0 Å². The average Bonchev–Trinajstić information content (AvgIpc) is 3.48. The average molecular weight is 607 g/mol. The van der Waals surface area contributed by atoms with Gasteiger partial charge in [0, 0.05) is 54.5 Å². The molecule has 0 N–H and O–H groups in total. The molecule has 0 radical (unpaired) electrons. The molecule has 0 bridgehead atoms. The van der Waals surface area contributed by atoms with Crippen LogP contribution in [0, 0.1) is 5.92 Å². The molecule has 4 rings (SSSR count). The number of hydrogen-bond acceptors (Lipinski definition) is 6. The second kappa shape index (κ2) is 16.2. The molecule has 6 nitrogen and oxygen atoms in total. The molecule has 0 spiro atoms. The fraction of sp³-hybridized carbons (Fsp3) is 0.528. The van der Waals surface area contributed by atoms with Gasteiger partial charge < -0.3 is 19.1 Å². The molecule has 1 aromatic heterocycles.